The van der Waals surface area contributed by atoms with Crippen molar-refractivity contribution in [1.82, 2.24) is 14.5 Å². The second-order valence-electron chi connectivity index (χ2n) is 5.67. The smallest absolute Gasteiger partial charge is 0.266 e. The zero-order chi connectivity index (χ0) is 16.5. The van der Waals surface area contributed by atoms with Crippen LogP contribution in [0.15, 0.2) is 77.9 Å². The van der Waals surface area contributed by atoms with Gasteiger partial charge in [-0.2, -0.15) is 0 Å². The van der Waals surface area contributed by atoms with E-state index in [9.17, 15) is 4.79 Å². The first-order valence-corrected chi connectivity index (χ1v) is 7.73. The van der Waals surface area contributed by atoms with Crippen LogP contribution in [-0.4, -0.2) is 14.5 Å². The minimum Gasteiger partial charge on any atom is -0.268 e. The van der Waals surface area contributed by atoms with Crippen molar-refractivity contribution in [3.05, 3.63) is 89.0 Å². The highest BCUT2D eigenvalue weighted by molar-refractivity contribution is 5.80. The van der Waals surface area contributed by atoms with E-state index in [1.54, 1.807) is 17.0 Å². The van der Waals surface area contributed by atoms with Crippen molar-refractivity contribution in [2.75, 3.05) is 0 Å². The van der Waals surface area contributed by atoms with Crippen molar-refractivity contribution in [3.8, 4) is 17.1 Å². The summed E-state index contributed by atoms with van der Waals surface area (Å²) >= 11 is 0. The molecule has 2 aromatic carbocycles. The van der Waals surface area contributed by atoms with Crippen LogP contribution in [-0.2, 0) is 0 Å². The van der Waals surface area contributed by atoms with Gasteiger partial charge in [-0.25, -0.2) is 4.98 Å². The molecule has 0 N–H and O–H groups in total. The molecule has 24 heavy (non-hydrogen) atoms. The van der Waals surface area contributed by atoms with Gasteiger partial charge in [-0.15, -0.1) is 0 Å². The van der Waals surface area contributed by atoms with E-state index in [1.165, 1.54) is 0 Å². The zero-order valence-electron chi connectivity index (χ0n) is 13.2. The topological polar surface area (TPSA) is 47.8 Å². The Bertz CT molecular complexity index is 1080. The highest BCUT2D eigenvalue weighted by Crippen LogP contribution is 2.22. The maximum Gasteiger partial charge on any atom is 0.266 e. The molecule has 4 nitrogen and oxygen atoms in total. The molecule has 0 aliphatic heterocycles. The normalized spacial score (nSPS) is 10.9. The highest BCUT2D eigenvalue weighted by atomic mass is 16.1. The number of aryl methyl sites for hydroxylation is 1. The van der Waals surface area contributed by atoms with Crippen LogP contribution >= 0.6 is 0 Å². The lowest BCUT2D eigenvalue weighted by atomic mass is 10.1. The van der Waals surface area contributed by atoms with E-state index in [0.717, 1.165) is 16.8 Å². The van der Waals surface area contributed by atoms with Gasteiger partial charge in [0.05, 0.1) is 16.6 Å². The summed E-state index contributed by atoms with van der Waals surface area (Å²) in [5, 5.41) is 0.608. The number of hydrogen-bond acceptors (Lipinski definition) is 3. The van der Waals surface area contributed by atoms with Crippen molar-refractivity contribution in [3.63, 3.8) is 0 Å². The number of benzene rings is 2. The molecule has 0 radical (unpaired) electrons. The first kappa shape index (κ1) is 14.3. The summed E-state index contributed by atoms with van der Waals surface area (Å²) in [6.07, 6.45) is 3.41. The van der Waals surface area contributed by atoms with Crippen LogP contribution in [0.1, 0.15) is 5.56 Å². The van der Waals surface area contributed by atoms with Gasteiger partial charge in [0, 0.05) is 18.0 Å². The summed E-state index contributed by atoms with van der Waals surface area (Å²) in [7, 11) is 0. The van der Waals surface area contributed by atoms with Crippen molar-refractivity contribution in [2.24, 2.45) is 0 Å². The lowest BCUT2D eigenvalue weighted by molar-refractivity contribution is 0.972. The van der Waals surface area contributed by atoms with E-state index in [0.29, 0.717) is 16.7 Å². The maximum atomic E-state index is 13.1. The fraction of sp³-hybridized carbons (Fsp3) is 0.0500. The second-order valence-corrected chi connectivity index (χ2v) is 5.67. The first-order chi connectivity index (χ1) is 11.7. The summed E-state index contributed by atoms with van der Waals surface area (Å²) in [6, 6.07) is 19.0. The fourth-order valence-corrected chi connectivity index (χ4v) is 2.83. The van der Waals surface area contributed by atoms with Gasteiger partial charge < -0.3 is 0 Å². The highest BCUT2D eigenvalue weighted by Gasteiger charge is 2.14. The molecule has 4 heteroatoms. The van der Waals surface area contributed by atoms with Gasteiger partial charge in [-0.3, -0.25) is 14.3 Å². The largest absolute Gasteiger partial charge is 0.268 e. The average Bonchev–Trinajstić information content (AvgIpc) is 2.62. The minimum atomic E-state index is -0.0713. The van der Waals surface area contributed by atoms with Crippen LogP contribution in [0.5, 0.6) is 0 Å². The number of pyridine rings is 1. The van der Waals surface area contributed by atoms with Crippen LogP contribution in [0.2, 0.25) is 0 Å². The maximum absolute atomic E-state index is 13.1. The molecule has 0 fully saturated rings. The van der Waals surface area contributed by atoms with Crippen molar-refractivity contribution >= 4 is 10.9 Å². The monoisotopic (exact) mass is 313 g/mol. The van der Waals surface area contributed by atoms with Crippen molar-refractivity contribution in [2.45, 2.75) is 6.92 Å². The molecule has 0 saturated heterocycles. The Kier molecular flexibility index (Phi) is 3.43. The van der Waals surface area contributed by atoms with E-state index in [2.05, 4.69) is 4.98 Å². The molecule has 0 saturated carbocycles. The van der Waals surface area contributed by atoms with E-state index in [-0.39, 0.29) is 5.56 Å². The third-order valence-electron chi connectivity index (χ3n) is 3.97. The first-order valence-electron chi connectivity index (χ1n) is 7.73. The molecule has 4 rings (SSSR count). The Hall–Kier alpha value is -3.27. The third-order valence-corrected chi connectivity index (χ3v) is 3.97. The van der Waals surface area contributed by atoms with Gasteiger partial charge in [-0.1, -0.05) is 24.3 Å². The molecular formula is C20H15N3O. The lowest BCUT2D eigenvalue weighted by Crippen LogP contribution is -2.22. The van der Waals surface area contributed by atoms with Crippen LogP contribution in [0.4, 0.5) is 0 Å². The molecular weight excluding hydrogens is 298 g/mol. The molecule has 0 unspecified atom stereocenters. The number of fused-ring (bicyclic) bond motifs is 1. The Morgan fingerprint density at radius 1 is 0.917 bits per heavy atom. The van der Waals surface area contributed by atoms with E-state index in [1.807, 2.05) is 67.6 Å². The molecule has 0 bridgehead atoms. The Balaban J connectivity index is 2.13. The van der Waals surface area contributed by atoms with Gasteiger partial charge in [0.25, 0.3) is 5.56 Å². The lowest BCUT2D eigenvalue weighted by Gasteiger charge is -2.14. The third kappa shape index (κ3) is 2.38. The number of rotatable bonds is 2. The molecule has 0 spiro atoms. The molecule has 0 amide bonds. The van der Waals surface area contributed by atoms with Crippen LogP contribution in [0.3, 0.4) is 0 Å². The minimum absolute atomic E-state index is 0.0713. The Morgan fingerprint density at radius 3 is 2.50 bits per heavy atom. The fourth-order valence-electron chi connectivity index (χ4n) is 2.83. The molecule has 2 heterocycles. The van der Waals surface area contributed by atoms with E-state index in [4.69, 9.17) is 4.98 Å². The van der Waals surface area contributed by atoms with Crippen LogP contribution < -0.4 is 5.56 Å². The predicted octanol–water partition coefficient (Wildman–Crippen LogP) is 3.76. The average molecular weight is 313 g/mol. The zero-order valence-corrected chi connectivity index (χ0v) is 13.2. The molecule has 2 aromatic heterocycles. The predicted molar refractivity (Wildman–Crippen MR) is 95.3 cm³/mol. The van der Waals surface area contributed by atoms with Crippen molar-refractivity contribution < 1.29 is 0 Å². The summed E-state index contributed by atoms with van der Waals surface area (Å²) in [5.74, 6) is 0.617. The molecule has 0 atom stereocenters. The SMILES string of the molecule is Cc1cccc(-n2c(-c3ccncc3)nc3ccccc3c2=O)c1. The number of hydrogen-bond donors (Lipinski definition) is 0. The summed E-state index contributed by atoms with van der Waals surface area (Å²) in [6.45, 7) is 2.01. The number of aromatic nitrogens is 3. The summed E-state index contributed by atoms with van der Waals surface area (Å²) in [4.78, 5) is 21.9. The van der Waals surface area contributed by atoms with Gasteiger partial charge in [0.2, 0.25) is 0 Å². The van der Waals surface area contributed by atoms with Gasteiger partial charge in [-0.05, 0) is 48.9 Å². The van der Waals surface area contributed by atoms with Crippen molar-refractivity contribution in [1.29, 1.82) is 0 Å². The summed E-state index contributed by atoms with van der Waals surface area (Å²) < 4.78 is 1.67. The van der Waals surface area contributed by atoms with E-state index >= 15 is 0 Å². The Labute approximate surface area is 139 Å². The molecule has 0 aliphatic carbocycles. The summed E-state index contributed by atoms with van der Waals surface area (Å²) in [5.41, 5.74) is 3.38. The quantitative estimate of drug-likeness (QED) is 0.566. The molecule has 116 valence electrons. The van der Waals surface area contributed by atoms with Crippen LogP contribution in [0.25, 0.3) is 28.0 Å². The van der Waals surface area contributed by atoms with Crippen LogP contribution in [0, 0.1) is 6.92 Å². The number of nitrogens with zero attached hydrogens (tertiary/aromatic N) is 3. The number of para-hydroxylation sites is 1. The van der Waals surface area contributed by atoms with Gasteiger partial charge in [0.1, 0.15) is 5.82 Å². The molecule has 4 aromatic rings. The van der Waals surface area contributed by atoms with Gasteiger partial charge in [0.15, 0.2) is 0 Å². The van der Waals surface area contributed by atoms with E-state index < -0.39 is 0 Å². The second kappa shape index (κ2) is 5.74. The Morgan fingerprint density at radius 2 is 1.71 bits per heavy atom. The standard InChI is InChI=1S/C20H15N3O/c1-14-5-4-6-16(13-14)23-19(15-9-11-21-12-10-15)22-18-8-3-2-7-17(18)20(23)24/h2-13H,1H3. The molecule has 0 aliphatic rings. The van der Waals surface area contributed by atoms with Gasteiger partial charge >= 0.3 is 0 Å².